The quantitative estimate of drug-likeness (QED) is 0.161. The van der Waals surface area contributed by atoms with E-state index < -0.39 is 0 Å². The zero-order valence-electron chi connectivity index (χ0n) is 34.6. The number of hydrogen-bond acceptors (Lipinski definition) is 3. The van der Waals surface area contributed by atoms with E-state index in [0.29, 0.717) is 17.1 Å². The molecule has 0 radical (unpaired) electrons. The monoisotopic (exact) mass is 815 g/mol. The van der Waals surface area contributed by atoms with E-state index in [2.05, 4.69) is 161 Å². The fourth-order valence-electron chi connectivity index (χ4n) is 9.33. The van der Waals surface area contributed by atoms with Crippen molar-refractivity contribution in [1.29, 1.82) is 5.26 Å². The van der Waals surface area contributed by atoms with Gasteiger partial charge in [-0.25, -0.2) is 9.97 Å². The molecule has 5 heteroatoms. The molecule has 0 aliphatic carbocycles. The predicted molar refractivity (Wildman–Crippen MR) is 263 cm³/mol. The van der Waals surface area contributed by atoms with E-state index in [-0.39, 0.29) is 0 Å². The van der Waals surface area contributed by atoms with Gasteiger partial charge in [0, 0.05) is 49.6 Å². The number of hydrogen-bond donors (Lipinski definition) is 0. The van der Waals surface area contributed by atoms with Crippen LogP contribution in [0.3, 0.4) is 0 Å². The number of benzene rings is 9. The predicted octanol–water partition coefficient (Wildman–Crippen LogP) is 14.9. The Bertz CT molecular complexity index is 3650. The summed E-state index contributed by atoms with van der Waals surface area (Å²) in [5.74, 6) is 0.619. The van der Waals surface area contributed by atoms with Crippen LogP contribution in [-0.2, 0) is 0 Å². The molecular formula is C59H37N5. The second-order valence-corrected chi connectivity index (χ2v) is 16.1. The lowest BCUT2D eigenvalue weighted by Gasteiger charge is -2.12. The van der Waals surface area contributed by atoms with Crippen molar-refractivity contribution in [2.75, 3.05) is 0 Å². The summed E-state index contributed by atoms with van der Waals surface area (Å²) in [6.45, 7) is 0. The van der Waals surface area contributed by atoms with Crippen molar-refractivity contribution < 1.29 is 0 Å². The fraction of sp³-hybridized carbons (Fsp3) is 0. The maximum atomic E-state index is 10.4. The first kappa shape index (κ1) is 37.0. The second-order valence-electron chi connectivity index (χ2n) is 16.1. The highest BCUT2D eigenvalue weighted by Crippen LogP contribution is 2.38. The molecule has 0 N–H and O–H groups in total. The molecule has 0 fully saturated rings. The number of rotatable bonds is 7. The standard InChI is InChI=1S/C59H37N5/c60-38-45-35-44(29-33-48(45)54-37-53(42-13-3-1-4-14-42)61-59(62-54)43-15-5-2-6-16-43)41-25-23-39(24-26-41)40-27-30-46(31-28-40)63-57-22-12-9-19-51(57)52-36-47(32-34-58(52)63)64-55-20-10-7-17-49(55)50-18-8-11-21-56(50)64/h1-37H. The molecule has 0 aliphatic heterocycles. The van der Waals surface area contributed by atoms with E-state index >= 15 is 0 Å². The third kappa shape index (κ3) is 6.24. The van der Waals surface area contributed by atoms with Gasteiger partial charge >= 0.3 is 0 Å². The third-order valence-corrected chi connectivity index (χ3v) is 12.4. The summed E-state index contributed by atoms with van der Waals surface area (Å²) in [5, 5.41) is 15.4. The van der Waals surface area contributed by atoms with Crippen LogP contribution in [0.5, 0.6) is 0 Å². The summed E-state index contributed by atoms with van der Waals surface area (Å²) < 4.78 is 4.76. The Morgan fingerprint density at radius 1 is 0.328 bits per heavy atom. The first-order valence-electron chi connectivity index (χ1n) is 21.5. The summed E-state index contributed by atoms with van der Waals surface area (Å²) in [6.07, 6.45) is 0. The van der Waals surface area contributed by atoms with Crippen molar-refractivity contribution in [2.24, 2.45) is 0 Å². The Kier molecular flexibility index (Phi) is 8.81. The molecule has 9 aromatic carbocycles. The Morgan fingerprint density at radius 3 is 1.39 bits per heavy atom. The molecule has 3 heterocycles. The van der Waals surface area contributed by atoms with Crippen LogP contribution >= 0.6 is 0 Å². The molecule has 0 amide bonds. The topological polar surface area (TPSA) is 59.4 Å². The van der Waals surface area contributed by atoms with Crippen LogP contribution in [0.1, 0.15) is 5.56 Å². The van der Waals surface area contributed by atoms with Gasteiger partial charge in [-0.2, -0.15) is 5.26 Å². The summed E-state index contributed by atoms with van der Waals surface area (Å²) in [7, 11) is 0. The minimum Gasteiger partial charge on any atom is -0.309 e. The molecule has 0 bridgehead atoms. The molecule has 0 atom stereocenters. The van der Waals surface area contributed by atoms with E-state index in [1.165, 1.54) is 43.6 Å². The van der Waals surface area contributed by atoms with Gasteiger partial charge in [0.05, 0.1) is 45.1 Å². The molecule has 0 aliphatic rings. The zero-order chi connectivity index (χ0) is 42.6. The molecule has 64 heavy (non-hydrogen) atoms. The highest BCUT2D eigenvalue weighted by molar-refractivity contribution is 6.12. The lowest BCUT2D eigenvalue weighted by molar-refractivity contribution is 1.17. The molecule has 5 nitrogen and oxygen atoms in total. The summed E-state index contributed by atoms with van der Waals surface area (Å²) in [6, 6.07) is 80.8. The van der Waals surface area contributed by atoms with Crippen LogP contribution in [0.25, 0.3) is 111 Å². The minimum atomic E-state index is 0.557. The summed E-state index contributed by atoms with van der Waals surface area (Å²) in [5.41, 5.74) is 16.0. The Labute approximate surface area is 370 Å². The molecule has 0 spiro atoms. The van der Waals surface area contributed by atoms with Crippen LogP contribution in [-0.4, -0.2) is 19.1 Å². The van der Waals surface area contributed by atoms with Crippen molar-refractivity contribution in [3.8, 4) is 73.6 Å². The van der Waals surface area contributed by atoms with Gasteiger partial charge in [0.25, 0.3) is 0 Å². The van der Waals surface area contributed by atoms with Crippen LogP contribution < -0.4 is 0 Å². The normalized spacial score (nSPS) is 11.4. The highest BCUT2D eigenvalue weighted by atomic mass is 15.0. The minimum absolute atomic E-state index is 0.557. The second kappa shape index (κ2) is 15.3. The lowest BCUT2D eigenvalue weighted by Crippen LogP contribution is -1.97. The van der Waals surface area contributed by atoms with Crippen molar-refractivity contribution in [1.82, 2.24) is 19.1 Å². The van der Waals surface area contributed by atoms with Gasteiger partial charge in [0.1, 0.15) is 0 Å². The van der Waals surface area contributed by atoms with Crippen molar-refractivity contribution in [3.63, 3.8) is 0 Å². The highest BCUT2D eigenvalue weighted by Gasteiger charge is 2.18. The van der Waals surface area contributed by atoms with Crippen LogP contribution in [0.4, 0.5) is 0 Å². The lowest BCUT2D eigenvalue weighted by atomic mass is 9.95. The average Bonchev–Trinajstić information content (AvgIpc) is 3.89. The largest absolute Gasteiger partial charge is 0.309 e. The van der Waals surface area contributed by atoms with Crippen LogP contribution in [0, 0.1) is 11.3 Å². The fourth-order valence-corrected chi connectivity index (χ4v) is 9.33. The first-order valence-corrected chi connectivity index (χ1v) is 21.5. The molecule has 12 rings (SSSR count). The van der Waals surface area contributed by atoms with Crippen molar-refractivity contribution >= 4 is 43.6 Å². The van der Waals surface area contributed by atoms with Crippen molar-refractivity contribution in [2.45, 2.75) is 0 Å². The van der Waals surface area contributed by atoms with Crippen molar-refractivity contribution in [3.05, 3.63) is 230 Å². The number of nitrogens with zero attached hydrogens (tertiary/aromatic N) is 5. The number of para-hydroxylation sites is 3. The van der Waals surface area contributed by atoms with Gasteiger partial charge in [0.15, 0.2) is 5.82 Å². The smallest absolute Gasteiger partial charge is 0.160 e. The zero-order valence-corrected chi connectivity index (χ0v) is 34.6. The van der Waals surface area contributed by atoms with Gasteiger partial charge in [-0.05, 0) is 82.9 Å². The third-order valence-electron chi connectivity index (χ3n) is 12.4. The Balaban J connectivity index is 0.857. The number of fused-ring (bicyclic) bond motifs is 6. The molecule has 0 saturated carbocycles. The molecule has 0 saturated heterocycles. The van der Waals surface area contributed by atoms with Gasteiger partial charge in [-0.3, -0.25) is 0 Å². The Hall–Kier alpha value is -8.85. The molecular weight excluding hydrogens is 779 g/mol. The summed E-state index contributed by atoms with van der Waals surface area (Å²) in [4.78, 5) is 9.90. The van der Waals surface area contributed by atoms with Crippen LogP contribution in [0.15, 0.2) is 224 Å². The number of aromatic nitrogens is 4. The summed E-state index contributed by atoms with van der Waals surface area (Å²) >= 11 is 0. The molecule has 298 valence electrons. The van der Waals surface area contributed by atoms with E-state index in [4.69, 9.17) is 9.97 Å². The van der Waals surface area contributed by atoms with E-state index in [1.54, 1.807) is 0 Å². The van der Waals surface area contributed by atoms with E-state index in [9.17, 15) is 5.26 Å². The van der Waals surface area contributed by atoms with Crippen LogP contribution in [0.2, 0.25) is 0 Å². The number of nitriles is 1. The van der Waals surface area contributed by atoms with Gasteiger partial charge < -0.3 is 9.13 Å². The maximum absolute atomic E-state index is 10.4. The maximum Gasteiger partial charge on any atom is 0.160 e. The molecule has 12 aromatic rings. The van der Waals surface area contributed by atoms with Gasteiger partial charge in [-0.1, -0.05) is 164 Å². The molecule has 0 unspecified atom stereocenters. The van der Waals surface area contributed by atoms with Gasteiger partial charge in [0.2, 0.25) is 0 Å². The Morgan fingerprint density at radius 2 is 0.781 bits per heavy atom. The first-order chi connectivity index (χ1) is 31.7. The SMILES string of the molecule is N#Cc1cc(-c2ccc(-c3ccc(-n4c5ccccc5c5cc(-n6c7ccccc7c7ccccc76)ccc54)cc3)cc2)ccc1-c1cc(-c2ccccc2)nc(-c2ccccc2)n1. The average molecular weight is 816 g/mol. The van der Waals surface area contributed by atoms with Gasteiger partial charge in [-0.15, -0.1) is 0 Å². The van der Waals surface area contributed by atoms with E-state index in [1.807, 2.05) is 78.9 Å². The van der Waals surface area contributed by atoms with E-state index in [0.717, 1.165) is 56.0 Å². The molecule has 3 aromatic heterocycles.